The maximum Gasteiger partial charge on any atom is 0.0234 e. The summed E-state index contributed by atoms with van der Waals surface area (Å²) in [6.45, 7) is 10.3. The van der Waals surface area contributed by atoms with Crippen LogP contribution in [0.2, 0.25) is 0 Å². The van der Waals surface area contributed by atoms with Crippen molar-refractivity contribution in [2.75, 3.05) is 37.7 Å². The van der Waals surface area contributed by atoms with Crippen LogP contribution in [0.1, 0.15) is 31.4 Å². The average Bonchev–Trinajstić information content (AvgIpc) is 2.74. The minimum absolute atomic E-state index is 0.735. The summed E-state index contributed by atoms with van der Waals surface area (Å²) < 4.78 is 0. The Morgan fingerprint density at radius 2 is 1.86 bits per heavy atom. The molecule has 1 heterocycles. The highest BCUT2D eigenvalue weighted by Crippen LogP contribution is 2.14. The van der Waals surface area contributed by atoms with Crippen molar-refractivity contribution in [2.24, 2.45) is 5.92 Å². The molecule has 2 nitrogen and oxygen atoms in total. The summed E-state index contributed by atoms with van der Waals surface area (Å²) >= 11 is 2.10. The lowest BCUT2D eigenvalue weighted by Gasteiger charge is -2.19. The maximum atomic E-state index is 3.51. The first kappa shape index (κ1) is 16.9. The first-order chi connectivity index (χ1) is 10.2. The third kappa shape index (κ3) is 6.86. The second-order valence-electron chi connectivity index (χ2n) is 6.41. The Balaban J connectivity index is 1.73. The molecule has 1 saturated heterocycles. The smallest absolute Gasteiger partial charge is 0.0234 e. The van der Waals surface area contributed by atoms with Gasteiger partial charge in [0, 0.05) is 18.8 Å². The Bertz CT molecular complexity index is 381. The van der Waals surface area contributed by atoms with E-state index in [0.29, 0.717) is 0 Å². The minimum atomic E-state index is 0.735. The van der Waals surface area contributed by atoms with Crippen molar-refractivity contribution in [3.63, 3.8) is 0 Å². The molecule has 0 aromatic heterocycles. The first-order valence-electron chi connectivity index (χ1n) is 8.32. The quantitative estimate of drug-likeness (QED) is 0.777. The van der Waals surface area contributed by atoms with Crippen LogP contribution in [0.4, 0.5) is 0 Å². The zero-order chi connectivity index (χ0) is 14.9. The largest absolute Gasteiger partial charge is 0.316 e. The zero-order valence-electron chi connectivity index (χ0n) is 13.6. The number of thioether (sulfide) groups is 1. The van der Waals surface area contributed by atoms with E-state index in [1.54, 1.807) is 0 Å². The van der Waals surface area contributed by atoms with Gasteiger partial charge < -0.3 is 5.32 Å². The van der Waals surface area contributed by atoms with Crippen LogP contribution < -0.4 is 5.32 Å². The van der Waals surface area contributed by atoms with Crippen molar-refractivity contribution in [1.82, 2.24) is 10.2 Å². The minimum Gasteiger partial charge on any atom is -0.316 e. The van der Waals surface area contributed by atoms with Gasteiger partial charge in [-0.2, -0.15) is 11.8 Å². The van der Waals surface area contributed by atoms with Gasteiger partial charge in [-0.05, 0) is 55.3 Å². The van der Waals surface area contributed by atoms with Gasteiger partial charge in [0.05, 0.1) is 0 Å². The summed E-state index contributed by atoms with van der Waals surface area (Å²) in [4.78, 5) is 2.60. The van der Waals surface area contributed by atoms with Crippen LogP contribution in [0.5, 0.6) is 0 Å². The Hall–Kier alpha value is -0.510. The van der Waals surface area contributed by atoms with Crippen LogP contribution in [0, 0.1) is 5.92 Å². The molecule has 0 saturated carbocycles. The van der Waals surface area contributed by atoms with Gasteiger partial charge >= 0.3 is 0 Å². The number of hydrogen-bond donors (Lipinski definition) is 1. The third-order valence-electron chi connectivity index (χ3n) is 3.89. The molecule has 1 N–H and O–H groups in total. The number of rotatable bonds is 7. The fraction of sp³-hybridized carbons (Fsp3) is 0.667. The van der Waals surface area contributed by atoms with Crippen molar-refractivity contribution in [1.29, 1.82) is 0 Å². The van der Waals surface area contributed by atoms with E-state index in [1.807, 2.05) is 0 Å². The molecular formula is C18H30N2S. The van der Waals surface area contributed by atoms with Gasteiger partial charge in [-0.1, -0.05) is 38.1 Å². The molecule has 1 aliphatic rings. The van der Waals surface area contributed by atoms with Crippen molar-refractivity contribution in [2.45, 2.75) is 33.2 Å². The standard InChI is InChI=1S/C18H30N2S/c1-16(2)14-19-9-8-17-4-6-18(7-5-17)15-20-10-3-12-21-13-11-20/h4-7,16,19H,3,8-15H2,1-2H3. The molecule has 0 atom stereocenters. The highest BCUT2D eigenvalue weighted by atomic mass is 32.2. The number of benzene rings is 1. The van der Waals surface area contributed by atoms with E-state index in [1.165, 1.54) is 42.1 Å². The van der Waals surface area contributed by atoms with Gasteiger partial charge in [-0.15, -0.1) is 0 Å². The predicted molar refractivity (Wildman–Crippen MR) is 95.1 cm³/mol. The summed E-state index contributed by atoms with van der Waals surface area (Å²) in [5.74, 6) is 3.36. The van der Waals surface area contributed by atoms with Gasteiger partial charge in [0.25, 0.3) is 0 Å². The van der Waals surface area contributed by atoms with Gasteiger partial charge in [-0.3, -0.25) is 4.90 Å². The Morgan fingerprint density at radius 1 is 1.10 bits per heavy atom. The Kier molecular flexibility index (Phi) is 7.62. The summed E-state index contributed by atoms with van der Waals surface area (Å²) in [5, 5.41) is 3.51. The lowest BCUT2D eigenvalue weighted by atomic mass is 10.1. The fourth-order valence-corrected chi connectivity index (χ4v) is 3.57. The maximum absolute atomic E-state index is 3.51. The SMILES string of the molecule is CC(C)CNCCc1ccc(CN2CCCSCC2)cc1. The van der Waals surface area contributed by atoms with E-state index < -0.39 is 0 Å². The van der Waals surface area contributed by atoms with Crippen LogP contribution in [-0.2, 0) is 13.0 Å². The molecule has 0 spiro atoms. The van der Waals surface area contributed by atoms with Crippen molar-refractivity contribution in [3.05, 3.63) is 35.4 Å². The highest BCUT2D eigenvalue weighted by Gasteiger charge is 2.09. The van der Waals surface area contributed by atoms with Gasteiger partial charge in [0.1, 0.15) is 0 Å². The van der Waals surface area contributed by atoms with Gasteiger partial charge in [0.15, 0.2) is 0 Å². The number of nitrogens with one attached hydrogen (secondary N) is 1. The second kappa shape index (κ2) is 9.50. The first-order valence-corrected chi connectivity index (χ1v) is 9.48. The van der Waals surface area contributed by atoms with E-state index in [4.69, 9.17) is 0 Å². The molecule has 0 amide bonds. The lowest BCUT2D eigenvalue weighted by molar-refractivity contribution is 0.287. The van der Waals surface area contributed by atoms with E-state index in [-0.39, 0.29) is 0 Å². The van der Waals surface area contributed by atoms with Gasteiger partial charge in [-0.25, -0.2) is 0 Å². The topological polar surface area (TPSA) is 15.3 Å². The predicted octanol–water partition coefficient (Wildman–Crippen LogP) is 3.41. The van der Waals surface area contributed by atoms with Crippen LogP contribution >= 0.6 is 11.8 Å². The van der Waals surface area contributed by atoms with Crippen molar-refractivity contribution in [3.8, 4) is 0 Å². The molecule has 0 bridgehead atoms. The lowest BCUT2D eigenvalue weighted by Crippen LogP contribution is -2.25. The van der Waals surface area contributed by atoms with Gasteiger partial charge in [0.2, 0.25) is 0 Å². The van der Waals surface area contributed by atoms with E-state index in [0.717, 1.165) is 32.0 Å². The zero-order valence-corrected chi connectivity index (χ0v) is 14.4. The Morgan fingerprint density at radius 3 is 2.62 bits per heavy atom. The summed E-state index contributed by atoms with van der Waals surface area (Å²) in [5.41, 5.74) is 2.90. The summed E-state index contributed by atoms with van der Waals surface area (Å²) in [6.07, 6.45) is 2.47. The molecule has 1 aromatic carbocycles. The van der Waals surface area contributed by atoms with Crippen molar-refractivity contribution < 1.29 is 0 Å². The fourth-order valence-electron chi connectivity index (χ4n) is 2.65. The molecule has 3 heteroatoms. The third-order valence-corrected chi connectivity index (χ3v) is 4.94. The van der Waals surface area contributed by atoms with Crippen LogP contribution in [0.25, 0.3) is 0 Å². The van der Waals surface area contributed by atoms with E-state index in [9.17, 15) is 0 Å². The molecule has 0 unspecified atom stereocenters. The average molecular weight is 307 g/mol. The monoisotopic (exact) mass is 306 g/mol. The molecule has 1 fully saturated rings. The molecule has 1 aromatic rings. The molecule has 0 radical (unpaired) electrons. The second-order valence-corrected chi connectivity index (χ2v) is 7.63. The van der Waals surface area contributed by atoms with E-state index in [2.05, 4.69) is 60.1 Å². The van der Waals surface area contributed by atoms with E-state index >= 15 is 0 Å². The Labute approximate surface area is 134 Å². The molecule has 0 aliphatic carbocycles. The number of hydrogen-bond acceptors (Lipinski definition) is 3. The molecule has 1 aliphatic heterocycles. The summed E-state index contributed by atoms with van der Waals surface area (Å²) in [6, 6.07) is 9.24. The normalized spacial score (nSPS) is 17.1. The summed E-state index contributed by atoms with van der Waals surface area (Å²) in [7, 11) is 0. The highest BCUT2D eigenvalue weighted by molar-refractivity contribution is 7.99. The van der Waals surface area contributed by atoms with Crippen LogP contribution in [0.15, 0.2) is 24.3 Å². The van der Waals surface area contributed by atoms with Crippen LogP contribution in [-0.4, -0.2) is 42.6 Å². The molecular weight excluding hydrogens is 276 g/mol. The molecule has 21 heavy (non-hydrogen) atoms. The van der Waals surface area contributed by atoms with Crippen molar-refractivity contribution >= 4 is 11.8 Å². The number of nitrogens with zero attached hydrogens (tertiary/aromatic N) is 1. The van der Waals surface area contributed by atoms with Crippen LogP contribution in [0.3, 0.4) is 0 Å². The molecule has 2 rings (SSSR count). The molecule has 118 valence electrons.